The van der Waals surface area contributed by atoms with Crippen LogP contribution in [0.2, 0.25) is 0 Å². The average Bonchev–Trinajstić information content (AvgIpc) is 3.21. The average molecular weight is 391 g/mol. The molecule has 4 heterocycles. The molecule has 0 aromatic carbocycles. The molecule has 1 amide bonds. The van der Waals surface area contributed by atoms with Crippen molar-refractivity contribution in [1.29, 1.82) is 0 Å². The van der Waals surface area contributed by atoms with E-state index in [1.807, 2.05) is 33.8 Å². The minimum absolute atomic E-state index is 0.0476. The highest BCUT2D eigenvalue weighted by Gasteiger charge is 2.58. The van der Waals surface area contributed by atoms with Gasteiger partial charge in [0.15, 0.2) is 0 Å². The third-order valence-electron chi connectivity index (χ3n) is 5.56. The van der Waals surface area contributed by atoms with Gasteiger partial charge in [-0.25, -0.2) is 4.57 Å². The fourth-order valence-corrected chi connectivity index (χ4v) is 5.22. The molecule has 1 saturated heterocycles. The summed E-state index contributed by atoms with van der Waals surface area (Å²) in [5, 5.41) is 23.7. The highest BCUT2D eigenvalue weighted by atomic mass is 32.1. The molecule has 2 aliphatic heterocycles. The first-order valence-electron chi connectivity index (χ1n) is 8.77. The Morgan fingerprint density at radius 2 is 2.26 bits per heavy atom. The zero-order chi connectivity index (χ0) is 19.5. The second kappa shape index (κ2) is 6.43. The van der Waals surface area contributed by atoms with Crippen LogP contribution in [0.5, 0.6) is 0 Å². The number of ether oxygens (including phenoxy) is 1. The van der Waals surface area contributed by atoms with E-state index >= 15 is 0 Å². The molecule has 4 rings (SSSR count). The standard InChI is InChI=1S/C18H21N3O5S/c1-9-12(4-19-5-13-20(8-19)11(6-26-3)7-27-13)16(18(24)25)21-15(9)14(10(2)22)17(21)23/h5,7-10,14-15,22H,4,6H2,1-3H3/t9-,10+,14+,15+/m0/s1. The number of amides is 1. The number of hydrogen-bond donors (Lipinski definition) is 1. The Hall–Kier alpha value is -2.23. The minimum Gasteiger partial charge on any atom is -0.543 e. The van der Waals surface area contributed by atoms with Crippen molar-refractivity contribution in [3.8, 4) is 0 Å². The zero-order valence-corrected chi connectivity index (χ0v) is 16.1. The van der Waals surface area contributed by atoms with Gasteiger partial charge in [-0.15, -0.1) is 0 Å². The molecule has 8 nitrogen and oxygen atoms in total. The van der Waals surface area contributed by atoms with Crippen molar-refractivity contribution in [3.63, 3.8) is 0 Å². The van der Waals surface area contributed by atoms with E-state index in [1.54, 1.807) is 25.4 Å². The smallest absolute Gasteiger partial charge is 0.250 e. The number of carbonyl (C=O) groups excluding carboxylic acids is 2. The summed E-state index contributed by atoms with van der Waals surface area (Å²) in [4.78, 5) is 26.5. The van der Waals surface area contributed by atoms with Crippen molar-refractivity contribution in [3.05, 3.63) is 34.9 Å². The predicted molar refractivity (Wildman–Crippen MR) is 93.2 cm³/mol. The van der Waals surface area contributed by atoms with Crippen LogP contribution in [-0.4, -0.2) is 45.5 Å². The molecule has 0 aliphatic carbocycles. The summed E-state index contributed by atoms with van der Waals surface area (Å²) in [6.45, 7) is 4.30. The summed E-state index contributed by atoms with van der Waals surface area (Å²) in [6, 6.07) is -0.325. The number of hydrogen-bond acceptors (Lipinski definition) is 6. The second-order valence-electron chi connectivity index (χ2n) is 7.20. The summed E-state index contributed by atoms with van der Waals surface area (Å²) in [7, 11) is 1.64. The number of carbonyl (C=O) groups is 2. The van der Waals surface area contributed by atoms with E-state index in [1.165, 1.54) is 4.90 Å². The Morgan fingerprint density at radius 1 is 1.52 bits per heavy atom. The maximum absolute atomic E-state index is 12.4. The van der Waals surface area contributed by atoms with Crippen molar-refractivity contribution in [2.45, 2.75) is 39.1 Å². The fourth-order valence-electron chi connectivity index (χ4n) is 4.31. The molecule has 0 spiro atoms. The van der Waals surface area contributed by atoms with Crippen LogP contribution < -0.4 is 9.67 Å². The van der Waals surface area contributed by atoms with Gasteiger partial charge in [0.25, 0.3) is 0 Å². The Morgan fingerprint density at radius 3 is 2.89 bits per heavy atom. The lowest BCUT2D eigenvalue weighted by molar-refractivity contribution is -0.688. The van der Waals surface area contributed by atoms with Crippen LogP contribution in [0.25, 0.3) is 4.83 Å². The topological polar surface area (TPSA) is 98.2 Å². The summed E-state index contributed by atoms with van der Waals surface area (Å²) in [5.41, 5.74) is 1.61. The number of fused-ring (bicyclic) bond motifs is 2. The van der Waals surface area contributed by atoms with Gasteiger partial charge < -0.3 is 24.6 Å². The highest BCUT2D eigenvalue weighted by Crippen LogP contribution is 2.46. The van der Waals surface area contributed by atoms with Crippen LogP contribution in [0, 0.1) is 11.8 Å². The first-order valence-corrected chi connectivity index (χ1v) is 9.65. The summed E-state index contributed by atoms with van der Waals surface area (Å²) in [6.07, 6.45) is 3.03. The number of methoxy groups -OCH3 is 1. The monoisotopic (exact) mass is 391 g/mol. The van der Waals surface area contributed by atoms with Gasteiger partial charge in [-0.2, -0.15) is 4.40 Å². The van der Waals surface area contributed by atoms with Gasteiger partial charge in [0.05, 0.1) is 29.7 Å². The molecule has 4 atom stereocenters. The molecule has 0 bridgehead atoms. The highest BCUT2D eigenvalue weighted by molar-refractivity contribution is 7.15. The van der Waals surface area contributed by atoms with Gasteiger partial charge in [-0.3, -0.25) is 4.79 Å². The maximum Gasteiger partial charge on any atom is 0.250 e. The van der Waals surface area contributed by atoms with E-state index in [9.17, 15) is 19.8 Å². The van der Waals surface area contributed by atoms with Crippen LogP contribution in [0.4, 0.5) is 0 Å². The van der Waals surface area contributed by atoms with E-state index in [4.69, 9.17) is 4.74 Å². The minimum atomic E-state index is -1.35. The molecule has 1 fully saturated rings. The lowest BCUT2D eigenvalue weighted by atomic mass is 9.78. The van der Waals surface area contributed by atoms with Crippen LogP contribution in [0.3, 0.4) is 0 Å². The quantitative estimate of drug-likeness (QED) is 0.519. The van der Waals surface area contributed by atoms with E-state index in [0.717, 1.165) is 10.5 Å². The molecule has 0 unspecified atom stereocenters. The number of nitrogens with zero attached hydrogens (tertiary/aromatic N) is 3. The molecule has 1 N–H and O–H groups in total. The molecular formula is C18H21N3O5S. The molecule has 2 aromatic heterocycles. The maximum atomic E-state index is 12.4. The van der Waals surface area contributed by atoms with Gasteiger partial charge in [0, 0.05) is 24.0 Å². The second-order valence-corrected chi connectivity index (χ2v) is 8.09. The molecule has 9 heteroatoms. The number of aliphatic carboxylic acids is 1. The number of rotatable bonds is 6. The normalized spacial score (nSPS) is 25.9. The van der Waals surface area contributed by atoms with Gasteiger partial charge >= 0.3 is 0 Å². The third-order valence-corrected chi connectivity index (χ3v) is 6.49. The van der Waals surface area contributed by atoms with E-state index < -0.39 is 18.0 Å². The van der Waals surface area contributed by atoms with Crippen LogP contribution >= 0.6 is 11.3 Å². The Kier molecular flexibility index (Phi) is 4.32. The Labute approximate surface area is 159 Å². The fraction of sp³-hybridized carbons (Fsp3) is 0.500. The number of aromatic nitrogens is 2. The van der Waals surface area contributed by atoms with E-state index in [0.29, 0.717) is 18.7 Å². The molecule has 0 radical (unpaired) electrons. The van der Waals surface area contributed by atoms with Gasteiger partial charge in [-0.05, 0) is 6.92 Å². The van der Waals surface area contributed by atoms with Crippen molar-refractivity contribution >= 4 is 28.0 Å². The van der Waals surface area contributed by atoms with Crippen LogP contribution in [0.15, 0.2) is 29.2 Å². The van der Waals surface area contributed by atoms with Crippen molar-refractivity contribution in [2.24, 2.45) is 11.8 Å². The van der Waals surface area contributed by atoms with Crippen molar-refractivity contribution < 1.29 is 29.1 Å². The van der Waals surface area contributed by atoms with Gasteiger partial charge in [-0.1, -0.05) is 18.3 Å². The lowest BCUT2D eigenvalue weighted by Gasteiger charge is -2.47. The lowest BCUT2D eigenvalue weighted by Crippen LogP contribution is -2.64. The van der Waals surface area contributed by atoms with Crippen LogP contribution in [-0.2, 0) is 27.5 Å². The Bertz CT molecular complexity index is 960. The number of imidazole rings is 1. The summed E-state index contributed by atoms with van der Waals surface area (Å²) in [5.74, 6) is -2.43. The number of aliphatic hydroxyl groups is 1. The van der Waals surface area contributed by atoms with E-state index in [2.05, 4.69) is 0 Å². The summed E-state index contributed by atoms with van der Waals surface area (Å²) < 4.78 is 9.11. The molecular weight excluding hydrogens is 370 g/mol. The number of thiazole rings is 1. The van der Waals surface area contributed by atoms with Gasteiger partial charge in [0.1, 0.15) is 25.0 Å². The molecule has 144 valence electrons. The Balaban J connectivity index is 1.68. The predicted octanol–water partition coefficient (Wildman–Crippen LogP) is -0.704. The SMILES string of the molecule is COCc1csc2c[n+](CC3=C(C(=O)[O-])N4C(=O)[C@H]([C@@H](C)O)[C@H]4[C@H]3C)cn12. The third kappa shape index (κ3) is 2.60. The molecule has 0 saturated carbocycles. The first-order chi connectivity index (χ1) is 12.8. The summed E-state index contributed by atoms with van der Waals surface area (Å²) >= 11 is 1.58. The van der Waals surface area contributed by atoms with Gasteiger partial charge in [0.2, 0.25) is 17.1 Å². The molecule has 27 heavy (non-hydrogen) atoms. The largest absolute Gasteiger partial charge is 0.543 e. The number of β-lactam (4-membered cyclic amide) rings is 1. The zero-order valence-electron chi connectivity index (χ0n) is 15.3. The first kappa shape index (κ1) is 18.1. The number of aliphatic hydroxyl groups excluding tert-OH is 1. The number of carboxylic acids is 1. The molecule has 2 aliphatic rings. The van der Waals surface area contributed by atoms with Crippen molar-refractivity contribution in [2.75, 3.05) is 7.11 Å². The van der Waals surface area contributed by atoms with Crippen LogP contribution in [0.1, 0.15) is 19.5 Å². The van der Waals surface area contributed by atoms with E-state index in [-0.39, 0.29) is 23.6 Å². The number of carboxylic acid groups (broad SMARTS) is 1. The molecule has 2 aromatic rings. The van der Waals surface area contributed by atoms with Crippen molar-refractivity contribution in [1.82, 2.24) is 9.30 Å².